The van der Waals surface area contributed by atoms with Crippen molar-refractivity contribution in [3.05, 3.63) is 71.3 Å². The van der Waals surface area contributed by atoms with Gasteiger partial charge in [-0.25, -0.2) is 9.59 Å². The molecule has 0 radical (unpaired) electrons. The van der Waals surface area contributed by atoms with Crippen LogP contribution in [0, 0.1) is 0 Å². The molecular formula is C25H31NO5. The standard InChI is InChI=1S/C25H31NO5/c1-25(2,3)31-24(28)26-21(16-18-9-7-6-8-10-18)17-20(23(27)30-5)15-19-11-13-22(29-4)14-12-19/h6-15,21H,16-17H2,1-5H3,(H,26,28)/b20-15+. The first-order chi connectivity index (χ1) is 14.7. The minimum absolute atomic E-state index is 0.285. The fourth-order valence-electron chi connectivity index (χ4n) is 3.05. The third kappa shape index (κ3) is 8.54. The van der Waals surface area contributed by atoms with E-state index in [2.05, 4.69) is 5.32 Å². The third-order valence-electron chi connectivity index (χ3n) is 4.42. The van der Waals surface area contributed by atoms with Crippen LogP contribution in [-0.4, -0.2) is 37.9 Å². The number of benzene rings is 2. The number of hydrogen-bond donors (Lipinski definition) is 1. The van der Waals surface area contributed by atoms with Crippen molar-refractivity contribution >= 4 is 18.1 Å². The molecule has 6 nitrogen and oxygen atoms in total. The molecule has 6 heteroatoms. The molecule has 1 atom stereocenters. The van der Waals surface area contributed by atoms with Crippen LogP contribution in [0.25, 0.3) is 6.08 Å². The van der Waals surface area contributed by atoms with E-state index in [0.29, 0.717) is 12.0 Å². The SMILES string of the molecule is COC(=O)/C(=C/c1ccc(OC)cc1)CC(Cc1ccccc1)NC(=O)OC(C)(C)C. The van der Waals surface area contributed by atoms with Gasteiger partial charge in [-0.15, -0.1) is 0 Å². The maximum atomic E-state index is 12.5. The summed E-state index contributed by atoms with van der Waals surface area (Å²) >= 11 is 0. The Hall–Kier alpha value is -3.28. The van der Waals surface area contributed by atoms with Gasteiger partial charge in [-0.1, -0.05) is 42.5 Å². The van der Waals surface area contributed by atoms with Gasteiger partial charge in [0.05, 0.1) is 14.2 Å². The van der Waals surface area contributed by atoms with Crippen molar-refractivity contribution in [3.8, 4) is 5.75 Å². The molecule has 0 saturated carbocycles. The Morgan fingerprint density at radius 1 is 1.00 bits per heavy atom. The molecule has 0 spiro atoms. The summed E-state index contributed by atoms with van der Waals surface area (Å²) in [5, 5.41) is 2.91. The molecule has 0 heterocycles. The Labute approximate surface area is 184 Å². The van der Waals surface area contributed by atoms with Crippen LogP contribution in [0.4, 0.5) is 4.79 Å². The van der Waals surface area contributed by atoms with Crippen LogP contribution < -0.4 is 10.1 Å². The lowest BCUT2D eigenvalue weighted by Gasteiger charge is -2.24. The zero-order chi connectivity index (χ0) is 22.9. The van der Waals surface area contributed by atoms with E-state index in [9.17, 15) is 9.59 Å². The van der Waals surface area contributed by atoms with Crippen LogP contribution >= 0.6 is 0 Å². The third-order valence-corrected chi connectivity index (χ3v) is 4.42. The summed E-state index contributed by atoms with van der Waals surface area (Å²) in [6.45, 7) is 5.42. The summed E-state index contributed by atoms with van der Waals surface area (Å²) < 4.78 is 15.6. The van der Waals surface area contributed by atoms with Crippen LogP contribution in [0.15, 0.2) is 60.2 Å². The maximum Gasteiger partial charge on any atom is 0.407 e. The molecule has 2 aromatic carbocycles. The van der Waals surface area contributed by atoms with Crippen LogP contribution in [0.1, 0.15) is 38.3 Å². The maximum absolute atomic E-state index is 12.5. The molecule has 31 heavy (non-hydrogen) atoms. The van der Waals surface area contributed by atoms with E-state index in [1.807, 2.05) is 75.4 Å². The fraction of sp³-hybridized carbons (Fsp3) is 0.360. The minimum atomic E-state index is -0.620. The zero-order valence-corrected chi connectivity index (χ0v) is 18.8. The predicted molar refractivity (Wildman–Crippen MR) is 121 cm³/mol. The highest BCUT2D eigenvalue weighted by molar-refractivity contribution is 5.93. The number of hydrogen-bond acceptors (Lipinski definition) is 5. The average molecular weight is 426 g/mol. The molecule has 2 aromatic rings. The molecule has 0 bridgehead atoms. The molecular weight excluding hydrogens is 394 g/mol. The van der Waals surface area contributed by atoms with Gasteiger partial charge < -0.3 is 19.5 Å². The lowest BCUT2D eigenvalue weighted by molar-refractivity contribution is -0.136. The summed E-state index contributed by atoms with van der Waals surface area (Å²) in [4.78, 5) is 24.9. The number of ether oxygens (including phenoxy) is 3. The van der Waals surface area contributed by atoms with Crippen molar-refractivity contribution in [3.63, 3.8) is 0 Å². The van der Waals surface area contributed by atoms with Crippen molar-refractivity contribution < 1.29 is 23.8 Å². The van der Waals surface area contributed by atoms with Crippen molar-refractivity contribution in [2.45, 2.75) is 45.3 Å². The highest BCUT2D eigenvalue weighted by atomic mass is 16.6. The molecule has 0 saturated heterocycles. The van der Waals surface area contributed by atoms with Crippen LogP contribution in [-0.2, 0) is 20.7 Å². The first-order valence-electron chi connectivity index (χ1n) is 10.2. The Bertz CT molecular complexity index is 882. The zero-order valence-electron chi connectivity index (χ0n) is 18.8. The van der Waals surface area contributed by atoms with Gasteiger partial charge in [-0.2, -0.15) is 0 Å². The first kappa shape index (κ1) is 24.0. The second-order valence-electron chi connectivity index (χ2n) is 8.17. The minimum Gasteiger partial charge on any atom is -0.497 e. The summed E-state index contributed by atoms with van der Waals surface area (Å²) in [5.41, 5.74) is 1.70. The quantitative estimate of drug-likeness (QED) is 0.487. The Morgan fingerprint density at radius 2 is 1.65 bits per heavy atom. The normalized spacial score (nSPS) is 12.6. The van der Waals surface area contributed by atoms with Gasteiger partial charge in [-0.3, -0.25) is 0 Å². The lowest BCUT2D eigenvalue weighted by atomic mass is 9.97. The van der Waals surface area contributed by atoms with Crippen molar-refractivity contribution in [2.75, 3.05) is 14.2 Å². The number of amides is 1. The van der Waals surface area contributed by atoms with Gasteiger partial charge >= 0.3 is 12.1 Å². The Morgan fingerprint density at radius 3 is 2.19 bits per heavy atom. The second kappa shape index (κ2) is 11.2. The van der Waals surface area contributed by atoms with Crippen LogP contribution in [0.2, 0.25) is 0 Å². The largest absolute Gasteiger partial charge is 0.497 e. The second-order valence-corrected chi connectivity index (χ2v) is 8.17. The number of rotatable bonds is 8. The molecule has 0 aliphatic carbocycles. The molecule has 1 N–H and O–H groups in total. The first-order valence-corrected chi connectivity index (χ1v) is 10.2. The van der Waals surface area contributed by atoms with E-state index in [-0.39, 0.29) is 12.5 Å². The van der Waals surface area contributed by atoms with Crippen LogP contribution in [0.3, 0.4) is 0 Å². The van der Waals surface area contributed by atoms with E-state index in [0.717, 1.165) is 16.9 Å². The number of alkyl carbamates (subject to hydrolysis) is 1. The number of carbonyl (C=O) groups excluding carboxylic acids is 2. The molecule has 0 aliphatic heterocycles. The topological polar surface area (TPSA) is 73.9 Å². The highest BCUT2D eigenvalue weighted by Crippen LogP contribution is 2.19. The molecule has 0 aromatic heterocycles. The van der Waals surface area contributed by atoms with E-state index in [4.69, 9.17) is 14.2 Å². The molecule has 1 amide bonds. The van der Waals surface area contributed by atoms with E-state index in [1.54, 1.807) is 13.2 Å². The monoisotopic (exact) mass is 425 g/mol. The van der Waals surface area contributed by atoms with Gasteiger partial charge in [-0.05, 0) is 56.5 Å². The predicted octanol–water partition coefficient (Wildman–Crippen LogP) is 4.78. The number of esters is 1. The van der Waals surface area contributed by atoms with E-state index >= 15 is 0 Å². The summed E-state index contributed by atoms with van der Waals surface area (Å²) in [6, 6.07) is 16.8. The molecule has 1 unspecified atom stereocenters. The van der Waals surface area contributed by atoms with Crippen LogP contribution in [0.5, 0.6) is 5.75 Å². The lowest BCUT2D eigenvalue weighted by Crippen LogP contribution is -2.41. The summed E-state index contributed by atoms with van der Waals surface area (Å²) in [7, 11) is 2.94. The summed E-state index contributed by atoms with van der Waals surface area (Å²) in [6.07, 6.45) is 2.06. The molecule has 0 aliphatic rings. The van der Waals surface area contributed by atoms with Gasteiger partial charge in [0.15, 0.2) is 0 Å². The molecule has 0 fully saturated rings. The Balaban J connectivity index is 2.28. The molecule has 2 rings (SSSR count). The highest BCUT2D eigenvalue weighted by Gasteiger charge is 2.23. The molecule has 166 valence electrons. The summed E-state index contributed by atoms with van der Waals surface area (Å²) in [5.74, 6) is 0.283. The van der Waals surface area contributed by atoms with Gasteiger partial charge in [0.25, 0.3) is 0 Å². The average Bonchev–Trinajstić information content (AvgIpc) is 2.72. The van der Waals surface area contributed by atoms with Gasteiger partial charge in [0, 0.05) is 18.0 Å². The van der Waals surface area contributed by atoms with Crippen molar-refractivity contribution in [1.29, 1.82) is 0 Å². The van der Waals surface area contributed by atoms with E-state index in [1.165, 1.54) is 7.11 Å². The van der Waals surface area contributed by atoms with Gasteiger partial charge in [0.2, 0.25) is 0 Å². The van der Waals surface area contributed by atoms with Gasteiger partial charge in [0.1, 0.15) is 11.4 Å². The van der Waals surface area contributed by atoms with E-state index < -0.39 is 17.7 Å². The number of nitrogens with one attached hydrogen (secondary N) is 1. The van der Waals surface area contributed by atoms with Crippen molar-refractivity contribution in [1.82, 2.24) is 5.32 Å². The smallest absolute Gasteiger partial charge is 0.407 e. The Kier molecular flexibility index (Phi) is 8.67. The number of carbonyl (C=O) groups is 2. The fourth-order valence-corrected chi connectivity index (χ4v) is 3.05. The van der Waals surface area contributed by atoms with Crippen molar-refractivity contribution in [2.24, 2.45) is 0 Å². The number of methoxy groups -OCH3 is 2.